The molecule has 5 rings (SSSR count). The predicted octanol–water partition coefficient (Wildman–Crippen LogP) is 5.80. The number of nitrogens with zero attached hydrogens (tertiary/aromatic N) is 2. The molecule has 1 aliphatic rings. The van der Waals surface area contributed by atoms with Gasteiger partial charge in [0.2, 0.25) is 0 Å². The first kappa shape index (κ1) is 22.3. The number of fused-ring (bicyclic) bond motifs is 1. The minimum atomic E-state index is 0.0395. The fraction of sp³-hybridized carbons (Fsp3) is 0.259. The summed E-state index contributed by atoms with van der Waals surface area (Å²) in [7, 11) is 3.25. The molecule has 0 saturated carbocycles. The second kappa shape index (κ2) is 9.39. The van der Waals surface area contributed by atoms with Crippen molar-refractivity contribution in [3.63, 3.8) is 0 Å². The summed E-state index contributed by atoms with van der Waals surface area (Å²) in [5, 5.41) is 9.23. The number of benzene rings is 3. The van der Waals surface area contributed by atoms with Gasteiger partial charge in [-0.15, -0.1) is 0 Å². The van der Waals surface area contributed by atoms with E-state index in [2.05, 4.69) is 10.2 Å². The number of aromatic nitrogens is 2. The molecular weight excluding hydrogens is 450 g/mol. The molecule has 1 saturated heterocycles. The Labute approximate surface area is 203 Å². The van der Waals surface area contributed by atoms with Gasteiger partial charge >= 0.3 is 0 Å². The number of nitrogens with one attached hydrogen (secondary N) is 1. The summed E-state index contributed by atoms with van der Waals surface area (Å²) >= 11 is 6.06. The van der Waals surface area contributed by atoms with Gasteiger partial charge in [0.05, 0.1) is 25.8 Å². The standard InChI is InChI=1S/C27H26ClN3O3/c1-33-25-12-5-17(15-26(25)34-2)14-23-21-16-19(8-11-22(21)29-30-23)27(32)31-13-3-4-24(31)18-6-9-20(28)10-7-18/h5-12,15-16,24H,3-4,13-14H2,1-2H3,(H,29,30)/t24-/m1/s1. The van der Waals surface area contributed by atoms with Crippen LogP contribution >= 0.6 is 11.6 Å². The molecule has 0 unspecified atom stereocenters. The maximum atomic E-state index is 13.5. The van der Waals surface area contributed by atoms with Gasteiger partial charge < -0.3 is 14.4 Å². The zero-order chi connectivity index (χ0) is 23.7. The largest absolute Gasteiger partial charge is 0.493 e. The first-order valence-electron chi connectivity index (χ1n) is 11.3. The van der Waals surface area contributed by atoms with Gasteiger partial charge in [-0.25, -0.2) is 0 Å². The number of aromatic amines is 1. The molecule has 1 amide bonds. The number of hydrogen-bond acceptors (Lipinski definition) is 4. The van der Waals surface area contributed by atoms with Crippen molar-refractivity contribution in [3.05, 3.63) is 88.1 Å². The van der Waals surface area contributed by atoms with Crippen LogP contribution in [0.3, 0.4) is 0 Å². The first-order chi connectivity index (χ1) is 16.6. The molecule has 34 heavy (non-hydrogen) atoms. The number of methoxy groups -OCH3 is 2. The molecule has 174 valence electrons. The third-order valence-corrected chi connectivity index (χ3v) is 6.73. The third kappa shape index (κ3) is 4.21. The highest BCUT2D eigenvalue weighted by Gasteiger charge is 2.30. The molecule has 0 spiro atoms. The Morgan fingerprint density at radius 3 is 2.62 bits per heavy atom. The number of hydrogen-bond donors (Lipinski definition) is 1. The molecule has 3 aromatic carbocycles. The summed E-state index contributed by atoms with van der Waals surface area (Å²) in [4.78, 5) is 15.5. The highest BCUT2D eigenvalue weighted by Crippen LogP contribution is 2.34. The van der Waals surface area contributed by atoms with Gasteiger partial charge in [-0.3, -0.25) is 9.89 Å². The maximum absolute atomic E-state index is 13.5. The number of carbonyl (C=O) groups excluding carboxylic acids is 1. The lowest BCUT2D eigenvalue weighted by Crippen LogP contribution is -2.30. The molecule has 1 N–H and O–H groups in total. The van der Waals surface area contributed by atoms with Crippen LogP contribution in [0.1, 0.15) is 46.1 Å². The van der Waals surface area contributed by atoms with Crippen LogP contribution in [0.2, 0.25) is 5.02 Å². The Hall–Kier alpha value is -3.51. The summed E-state index contributed by atoms with van der Waals surface area (Å²) in [5.41, 5.74) is 4.63. The molecule has 7 heteroatoms. The maximum Gasteiger partial charge on any atom is 0.254 e. The molecule has 1 aliphatic heterocycles. The third-order valence-electron chi connectivity index (χ3n) is 6.48. The van der Waals surface area contributed by atoms with Crippen molar-refractivity contribution in [1.82, 2.24) is 15.1 Å². The zero-order valence-electron chi connectivity index (χ0n) is 19.2. The van der Waals surface area contributed by atoms with Crippen molar-refractivity contribution in [2.75, 3.05) is 20.8 Å². The highest BCUT2D eigenvalue weighted by molar-refractivity contribution is 6.30. The summed E-state index contributed by atoms with van der Waals surface area (Å²) in [5.74, 6) is 1.41. The number of rotatable bonds is 6. The number of likely N-dealkylation sites (tertiary alicyclic amines) is 1. The van der Waals surface area contributed by atoms with Crippen LogP contribution in [-0.2, 0) is 6.42 Å². The van der Waals surface area contributed by atoms with Crippen molar-refractivity contribution in [3.8, 4) is 11.5 Å². The Kier molecular flexibility index (Phi) is 6.16. The summed E-state index contributed by atoms with van der Waals surface area (Å²) < 4.78 is 10.8. The van der Waals surface area contributed by atoms with Crippen LogP contribution < -0.4 is 9.47 Å². The molecular formula is C27H26ClN3O3. The smallest absolute Gasteiger partial charge is 0.254 e. The molecule has 0 radical (unpaired) electrons. The average Bonchev–Trinajstić information content (AvgIpc) is 3.51. The lowest BCUT2D eigenvalue weighted by Gasteiger charge is -2.25. The predicted molar refractivity (Wildman–Crippen MR) is 133 cm³/mol. The zero-order valence-corrected chi connectivity index (χ0v) is 19.9. The minimum absolute atomic E-state index is 0.0395. The molecule has 1 aromatic heterocycles. The summed E-state index contributed by atoms with van der Waals surface area (Å²) in [6, 6.07) is 19.4. The van der Waals surface area contributed by atoms with Crippen LogP contribution in [0.4, 0.5) is 0 Å². The van der Waals surface area contributed by atoms with Crippen molar-refractivity contribution < 1.29 is 14.3 Å². The van der Waals surface area contributed by atoms with E-state index >= 15 is 0 Å². The van der Waals surface area contributed by atoms with E-state index in [0.717, 1.165) is 47.1 Å². The number of ether oxygens (including phenoxy) is 2. The Morgan fingerprint density at radius 1 is 1.06 bits per heavy atom. The van der Waals surface area contributed by atoms with Gasteiger partial charge in [0.25, 0.3) is 5.91 Å². The Morgan fingerprint density at radius 2 is 1.85 bits per heavy atom. The fourth-order valence-corrected chi connectivity index (χ4v) is 4.86. The second-order valence-electron chi connectivity index (χ2n) is 8.51. The van der Waals surface area contributed by atoms with Crippen LogP contribution in [0.5, 0.6) is 11.5 Å². The van der Waals surface area contributed by atoms with E-state index in [0.29, 0.717) is 28.5 Å². The van der Waals surface area contributed by atoms with E-state index in [-0.39, 0.29) is 11.9 Å². The summed E-state index contributed by atoms with van der Waals surface area (Å²) in [6.07, 6.45) is 2.56. The topological polar surface area (TPSA) is 67.5 Å². The van der Waals surface area contributed by atoms with Gasteiger partial charge in [0, 0.05) is 34.6 Å². The van der Waals surface area contributed by atoms with E-state index < -0.39 is 0 Å². The first-order valence-corrected chi connectivity index (χ1v) is 11.7. The van der Waals surface area contributed by atoms with E-state index in [1.54, 1.807) is 14.2 Å². The lowest BCUT2D eigenvalue weighted by molar-refractivity contribution is 0.0736. The van der Waals surface area contributed by atoms with Gasteiger partial charge in [0.15, 0.2) is 11.5 Å². The normalized spacial score (nSPS) is 15.6. The van der Waals surface area contributed by atoms with E-state index in [1.807, 2.05) is 65.6 Å². The number of halogens is 1. The van der Waals surface area contributed by atoms with Crippen molar-refractivity contribution >= 4 is 28.4 Å². The Bertz CT molecular complexity index is 1330. The highest BCUT2D eigenvalue weighted by atomic mass is 35.5. The molecule has 1 atom stereocenters. The van der Waals surface area contributed by atoms with Crippen molar-refractivity contribution in [1.29, 1.82) is 0 Å². The van der Waals surface area contributed by atoms with Crippen LogP contribution in [0, 0.1) is 0 Å². The number of amides is 1. The molecule has 6 nitrogen and oxygen atoms in total. The van der Waals surface area contributed by atoms with Gasteiger partial charge in [-0.2, -0.15) is 5.10 Å². The van der Waals surface area contributed by atoms with E-state index in [4.69, 9.17) is 21.1 Å². The fourth-order valence-electron chi connectivity index (χ4n) is 4.73. The van der Waals surface area contributed by atoms with E-state index in [1.165, 1.54) is 0 Å². The summed E-state index contributed by atoms with van der Waals surface area (Å²) in [6.45, 7) is 0.744. The molecule has 0 bridgehead atoms. The monoisotopic (exact) mass is 475 g/mol. The molecule has 0 aliphatic carbocycles. The SMILES string of the molecule is COc1ccc(Cc2[nH]nc3ccc(C(=O)N4CCC[C@@H]4c4ccc(Cl)cc4)cc23)cc1OC. The number of carbonyl (C=O) groups is 1. The van der Waals surface area contributed by atoms with Crippen LogP contribution in [-0.4, -0.2) is 41.8 Å². The lowest BCUT2D eigenvalue weighted by atomic mass is 10.0. The molecule has 2 heterocycles. The number of H-pyrrole nitrogens is 1. The average molecular weight is 476 g/mol. The minimum Gasteiger partial charge on any atom is -0.493 e. The quantitative estimate of drug-likeness (QED) is 0.382. The van der Waals surface area contributed by atoms with Crippen molar-refractivity contribution in [2.24, 2.45) is 0 Å². The van der Waals surface area contributed by atoms with E-state index in [9.17, 15) is 4.79 Å². The second-order valence-corrected chi connectivity index (χ2v) is 8.94. The Balaban J connectivity index is 1.42. The van der Waals surface area contributed by atoms with Gasteiger partial charge in [-0.05, 0) is 66.4 Å². The van der Waals surface area contributed by atoms with Crippen LogP contribution in [0.25, 0.3) is 10.9 Å². The van der Waals surface area contributed by atoms with Gasteiger partial charge in [-0.1, -0.05) is 29.8 Å². The van der Waals surface area contributed by atoms with Gasteiger partial charge in [0.1, 0.15) is 0 Å². The van der Waals surface area contributed by atoms with Crippen molar-refractivity contribution in [2.45, 2.75) is 25.3 Å². The van der Waals surface area contributed by atoms with Crippen LogP contribution in [0.15, 0.2) is 60.7 Å². The molecule has 4 aromatic rings. The molecule has 1 fully saturated rings.